The van der Waals surface area contributed by atoms with Gasteiger partial charge < -0.3 is 5.32 Å². The molecule has 0 bridgehead atoms. The summed E-state index contributed by atoms with van der Waals surface area (Å²) < 4.78 is 0. The molecule has 0 saturated heterocycles. The highest BCUT2D eigenvalue weighted by Gasteiger charge is 2.21. The van der Waals surface area contributed by atoms with Crippen LogP contribution < -0.4 is 5.32 Å². The van der Waals surface area contributed by atoms with Crippen LogP contribution in [0.25, 0.3) is 0 Å². The molecular formula is C18H31N. The van der Waals surface area contributed by atoms with Gasteiger partial charge in [-0.25, -0.2) is 0 Å². The van der Waals surface area contributed by atoms with Crippen molar-refractivity contribution in [3.63, 3.8) is 0 Å². The maximum absolute atomic E-state index is 3.72. The summed E-state index contributed by atoms with van der Waals surface area (Å²) >= 11 is 0. The quantitative estimate of drug-likeness (QED) is 0.651. The van der Waals surface area contributed by atoms with E-state index in [1.54, 1.807) is 0 Å². The van der Waals surface area contributed by atoms with Gasteiger partial charge in [-0.2, -0.15) is 0 Å². The number of benzene rings is 1. The Hall–Kier alpha value is -0.820. The molecule has 0 aliphatic heterocycles. The molecule has 19 heavy (non-hydrogen) atoms. The number of hydrogen-bond donors (Lipinski definition) is 1. The predicted molar refractivity (Wildman–Crippen MR) is 85.5 cm³/mol. The Bertz CT molecular complexity index is 339. The average Bonchev–Trinajstić information content (AvgIpc) is 2.45. The zero-order valence-electron chi connectivity index (χ0n) is 13.2. The van der Waals surface area contributed by atoms with E-state index in [-0.39, 0.29) is 0 Å². The van der Waals surface area contributed by atoms with Crippen LogP contribution >= 0.6 is 0 Å². The third-order valence-corrected chi connectivity index (χ3v) is 3.93. The third-order valence-electron chi connectivity index (χ3n) is 3.93. The van der Waals surface area contributed by atoms with E-state index in [2.05, 4.69) is 57.3 Å². The van der Waals surface area contributed by atoms with E-state index in [0.717, 1.165) is 18.9 Å². The SMILES string of the molecule is CCCC(CCC)C(NCC)c1cccc(CC)c1. The minimum Gasteiger partial charge on any atom is -0.310 e. The molecule has 1 aromatic rings. The van der Waals surface area contributed by atoms with Crippen molar-refractivity contribution in [2.75, 3.05) is 6.54 Å². The van der Waals surface area contributed by atoms with Crippen LogP contribution in [0.2, 0.25) is 0 Å². The van der Waals surface area contributed by atoms with Gasteiger partial charge in [0.1, 0.15) is 0 Å². The maximum Gasteiger partial charge on any atom is 0.0348 e. The van der Waals surface area contributed by atoms with Gasteiger partial charge in [0.05, 0.1) is 0 Å². The minimum absolute atomic E-state index is 0.524. The first-order valence-electron chi connectivity index (χ1n) is 8.08. The Morgan fingerprint density at radius 3 is 2.21 bits per heavy atom. The number of nitrogens with one attached hydrogen (secondary N) is 1. The van der Waals surface area contributed by atoms with Crippen LogP contribution in [0.15, 0.2) is 24.3 Å². The van der Waals surface area contributed by atoms with Crippen molar-refractivity contribution in [2.24, 2.45) is 5.92 Å². The highest BCUT2D eigenvalue weighted by Crippen LogP contribution is 2.30. The lowest BCUT2D eigenvalue weighted by Gasteiger charge is -2.28. The highest BCUT2D eigenvalue weighted by atomic mass is 14.9. The van der Waals surface area contributed by atoms with Gasteiger partial charge in [-0.1, -0.05) is 64.8 Å². The standard InChI is InChI=1S/C18H31N/c1-5-10-16(11-6-2)18(19-8-4)17-13-9-12-15(7-3)14-17/h9,12-14,16,18-19H,5-8,10-11H2,1-4H3. The van der Waals surface area contributed by atoms with Crippen molar-refractivity contribution in [2.45, 2.75) is 65.8 Å². The summed E-state index contributed by atoms with van der Waals surface area (Å²) in [6, 6.07) is 9.67. The molecule has 1 rings (SSSR count). The monoisotopic (exact) mass is 261 g/mol. The fourth-order valence-corrected chi connectivity index (χ4v) is 3.00. The first kappa shape index (κ1) is 16.2. The maximum atomic E-state index is 3.72. The largest absolute Gasteiger partial charge is 0.310 e. The first-order valence-corrected chi connectivity index (χ1v) is 8.08. The fourth-order valence-electron chi connectivity index (χ4n) is 3.00. The summed E-state index contributed by atoms with van der Waals surface area (Å²) in [7, 11) is 0. The molecule has 0 aromatic heterocycles. The Balaban J connectivity index is 2.94. The van der Waals surface area contributed by atoms with Gasteiger partial charge in [-0.15, -0.1) is 0 Å². The van der Waals surface area contributed by atoms with Crippen LogP contribution in [0.1, 0.15) is 70.5 Å². The smallest absolute Gasteiger partial charge is 0.0348 e. The van der Waals surface area contributed by atoms with E-state index >= 15 is 0 Å². The molecule has 1 N–H and O–H groups in total. The Morgan fingerprint density at radius 2 is 1.68 bits per heavy atom. The van der Waals surface area contributed by atoms with Crippen LogP contribution in [0.3, 0.4) is 0 Å². The molecule has 0 spiro atoms. The second-order valence-corrected chi connectivity index (χ2v) is 5.47. The molecule has 1 heteroatoms. The van der Waals surface area contributed by atoms with E-state index < -0.39 is 0 Å². The van der Waals surface area contributed by atoms with Gasteiger partial charge >= 0.3 is 0 Å². The van der Waals surface area contributed by atoms with Crippen LogP contribution in [-0.4, -0.2) is 6.54 Å². The summed E-state index contributed by atoms with van der Waals surface area (Å²) in [6.07, 6.45) is 6.32. The molecule has 1 atom stereocenters. The second kappa shape index (κ2) is 9.14. The van der Waals surface area contributed by atoms with Gasteiger partial charge in [-0.3, -0.25) is 0 Å². The molecule has 108 valence electrons. The fraction of sp³-hybridized carbons (Fsp3) is 0.667. The molecule has 0 fully saturated rings. The zero-order chi connectivity index (χ0) is 14.1. The molecule has 0 amide bonds. The highest BCUT2D eigenvalue weighted by molar-refractivity contribution is 5.26. The van der Waals surface area contributed by atoms with Crippen molar-refractivity contribution in [1.29, 1.82) is 0 Å². The minimum atomic E-state index is 0.524. The lowest BCUT2D eigenvalue weighted by Crippen LogP contribution is -2.28. The molecule has 0 saturated carbocycles. The number of rotatable bonds is 9. The normalized spacial score (nSPS) is 12.9. The molecule has 0 aliphatic carbocycles. The molecule has 1 aromatic carbocycles. The second-order valence-electron chi connectivity index (χ2n) is 5.47. The van der Waals surface area contributed by atoms with Crippen molar-refractivity contribution >= 4 is 0 Å². The van der Waals surface area contributed by atoms with Gasteiger partial charge in [0.2, 0.25) is 0 Å². The molecule has 1 nitrogen and oxygen atoms in total. The van der Waals surface area contributed by atoms with E-state index in [0.29, 0.717) is 6.04 Å². The topological polar surface area (TPSA) is 12.0 Å². The first-order chi connectivity index (χ1) is 9.26. The zero-order valence-corrected chi connectivity index (χ0v) is 13.2. The number of hydrogen-bond acceptors (Lipinski definition) is 1. The van der Waals surface area contributed by atoms with Crippen LogP contribution in [0, 0.1) is 5.92 Å². The lowest BCUT2D eigenvalue weighted by atomic mass is 9.85. The van der Waals surface area contributed by atoms with Crippen LogP contribution in [-0.2, 0) is 6.42 Å². The summed E-state index contributed by atoms with van der Waals surface area (Å²) in [5.74, 6) is 0.766. The third kappa shape index (κ3) is 4.99. The van der Waals surface area contributed by atoms with E-state index in [1.807, 2.05) is 0 Å². The van der Waals surface area contributed by atoms with Gasteiger partial charge in [0.15, 0.2) is 0 Å². The number of aryl methyl sites for hydroxylation is 1. The van der Waals surface area contributed by atoms with Crippen molar-refractivity contribution in [3.05, 3.63) is 35.4 Å². The molecular weight excluding hydrogens is 230 g/mol. The lowest BCUT2D eigenvalue weighted by molar-refractivity contribution is 0.320. The predicted octanol–water partition coefficient (Wildman–Crippen LogP) is 5.12. The summed E-state index contributed by atoms with van der Waals surface area (Å²) in [4.78, 5) is 0. The van der Waals surface area contributed by atoms with Crippen molar-refractivity contribution in [3.8, 4) is 0 Å². The molecule has 0 heterocycles. The molecule has 0 aliphatic rings. The van der Waals surface area contributed by atoms with E-state index in [4.69, 9.17) is 0 Å². The van der Waals surface area contributed by atoms with Crippen molar-refractivity contribution in [1.82, 2.24) is 5.32 Å². The van der Waals surface area contributed by atoms with Crippen molar-refractivity contribution < 1.29 is 0 Å². The van der Waals surface area contributed by atoms with Crippen LogP contribution in [0.4, 0.5) is 0 Å². The van der Waals surface area contributed by atoms with Gasteiger partial charge in [0.25, 0.3) is 0 Å². The Morgan fingerprint density at radius 1 is 1.00 bits per heavy atom. The Labute approximate surface area is 119 Å². The Kier molecular flexibility index (Phi) is 7.81. The van der Waals surface area contributed by atoms with Gasteiger partial charge in [-0.05, 0) is 42.9 Å². The summed E-state index contributed by atoms with van der Waals surface area (Å²) in [5.41, 5.74) is 2.93. The van der Waals surface area contributed by atoms with Gasteiger partial charge in [0, 0.05) is 6.04 Å². The van der Waals surface area contributed by atoms with E-state index in [1.165, 1.54) is 36.8 Å². The molecule has 1 unspecified atom stereocenters. The van der Waals surface area contributed by atoms with Crippen LogP contribution in [0.5, 0.6) is 0 Å². The van der Waals surface area contributed by atoms with E-state index in [9.17, 15) is 0 Å². The summed E-state index contributed by atoms with van der Waals surface area (Å²) in [5, 5.41) is 3.72. The average molecular weight is 261 g/mol. The summed E-state index contributed by atoms with van der Waals surface area (Å²) in [6.45, 7) is 10.1. The molecule has 0 radical (unpaired) electrons.